The van der Waals surface area contributed by atoms with Crippen molar-refractivity contribution in [1.29, 1.82) is 0 Å². The summed E-state index contributed by atoms with van der Waals surface area (Å²) in [5.41, 5.74) is 2.61. The van der Waals surface area contributed by atoms with Crippen LogP contribution < -0.4 is 9.80 Å². The Balaban J connectivity index is 1.68. The normalized spacial score (nSPS) is 21.3. The summed E-state index contributed by atoms with van der Waals surface area (Å²) < 4.78 is 0. The minimum atomic E-state index is -0.393. The van der Waals surface area contributed by atoms with Crippen LogP contribution in [0.1, 0.15) is 43.4 Å². The van der Waals surface area contributed by atoms with Crippen LogP contribution in [0.5, 0.6) is 0 Å². The maximum Gasteiger partial charge on any atom is 0.248 e. The number of anilines is 2. The summed E-state index contributed by atoms with van der Waals surface area (Å²) in [6, 6.07) is 0. The Morgan fingerprint density at radius 3 is 2.42 bits per heavy atom. The van der Waals surface area contributed by atoms with Gasteiger partial charge < -0.3 is 19.8 Å². The van der Waals surface area contributed by atoms with Crippen LogP contribution in [0.4, 0.5) is 11.8 Å². The molecule has 0 radical (unpaired) electrons. The van der Waals surface area contributed by atoms with Crippen LogP contribution in [0.2, 0.25) is 0 Å². The van der Waals surface area contributed by atoms with Crippen molar-refractivity contribution in [2.75, 3.05) is 56.7 Å². The Kier molecular flexibility index (Phi) is 4.50. The van der Waals surface area contributed by atoms with E-state index in [9.17, 15) is 4.79 Å². The third-order valence-electron chi connectivity index (χ3n) is 6.34. The summed E-state index contributed by atoms with van der Waals surface area (Å²) in [5.74, 6) is 1.77. The molecule has 2 saturated heterocycles. The number of amides is 1. The monoisotopic (exact) mass is 359 g/mol. The van der Waals surface area contributed by atoms with E-state index >= 15 is 0 Å². The number of aliphatic hydroxyl groups is 1. The third-order valence-corrected chi connectivity index (χ3v) is 6.34. The van der Waals surface area contributed by atoms with E-state index in [2.05, 4.69) is 4.90 Å². The first kappa shape index (κ1) is 17.5. The number of hydrogen-bond donors (Lipinski definition) is 1. The standard InChI is InChI=1S/C19H29N5O2/c1-22(2)18-20-16-14(17(21-18)24-9-3-4-10-24)5-6-19(16)7-11-23(12-8-19)15(26)13-25/h25H,3-13H2,1-2H3. The Labute approximate surface area is 155 Å². The zero-order chi connectivity index (χ0) is 18.3. The summed E-state index contributed by atoms with van der Waals surface area (Å²) in [7, 11) is 4.00. The van der Waals surface area contributed by atoms with Gasteiger partial charge in [0.1, 0.15) is 12.4 Å². The van der Waals surface area contributed by atoms with Gasteiger partial charge in [-0.15, -0.1) is 0 Å². The molecule has 1 amide bonds. The fraction of sp³-hybridized carbons (Fsp3) is 0.737. The van der Waals surface area contributed by atoms with Gasteiger partial charge in [0.15, 0.2) is 0 Å². The highest BCUT2D eigenvalue weighted by Gasteiger charge is 2.45. The maximum atomic E-state index is 11.8. The highest BCUT2D eigenvalue weighted by Crippen LogP contribution is 2.48. The van der Waals surface area contributed by atoms with Gasteiger partial charge in [-0.1, -0.05) is 0 Å². The molecule has 0 saturated carbocycles. The number of carbonyl (C=O) groups excluding carboxylic acids is 1. The number of carbonyl (C=O) groups is 1. The number of rotatable bonds is 3. The molecule has 2 fully saturated rings. The highest BCUT2D eigenvalue weighted by molar-refractivity contribution is 5.77. The summed E-state index contributed by atoms with van der Waals surface area (Å²) in [4.78, 5) is 27.9. The van der Waals surface area contributed by atoms with Gasteiger partial charge in [0.2, 0.25) is 11.9 Å². The van der Waals surface area contributed by atoms with Gasteiger partial charge in [-0.25, -0.2) is 4.98 Å². The van der Waals surface area contributed by atoms with Gasteiger partial charge in [0.25, 0.3) is 0 Å². The predicted molar refractivity (Wildman–Crippen MR) is 101 cm³/mol. The molecule has 4 rings (SSSR count). The second kappa shape index (κ2) is 6.68. The Bertz CT molecular complexity index is 691. The fourth-order valence-corrected chi connectivity index (χ4v) is 4.77. The van der Waals surface area contributed by atoms with Crippen LogP contribution in [0.25, 0.3) is 0 Å². The summed E-state index contributed by atoms with van der Waals surface area (Å²) in [6.45, 7) is 3.19. The maximum absolute atomic E-state index is 11.8. The zero-order valence-electron chi connectivity index (χ0n) is 15.9. The quantitative estimate of drug-likeness (QED) is 0.866. The van der Waals surface area contributed by atoms with Crippen molar-refractivity contribution in [3.05, 3.63) is 11.3 Å². The third kappa shape index (κ3) is 2.82. The van der Waals surface area contributed by atoms with Crippen LogP contribution in [-0.4, -0.2) is 72.8 Å². The number of hydrogen-bond acceptors (Lipinski definition) is 6. The van der Waals surface area contributed by atoms with Gasteiger partial charge in [-0.05, 0) is 38.5 Å². The van der Waals surface area contributed by atoms with Crippen molar-refractivity contribution in [3.8, 4) is 0 Å². The second-order valence-corrected chi connectivity index (χ2v) is 8.08. The van der Waals surface area contributed by atoms with Crippen molar-refractivity contribution in [2.45, 2.75) is 43.9 Å². The van der Waals surface area contributed by atoms with Crippen LogP contribution >= 0.6 is 0 Å². The van der Waals surface area contributed by atoms with E-state index in [1.54, 1.807) is 4.90 Å². The van der Waals surface area contributed by atoms with Gasteiger partial charge >= 0.3 is 0 Å². The van der Waals surface area contributed by atoms with E-state index in [4.69, 9.17) is 15.1 Å². The van der Waals surface area contributed by atoms with Crippen molar-refractivity contribution < 1.29 is 9.90 Å². The first-order valence-electron chi connectivity index (χ1n) is 9.76. The smallest absolute Gasteiger partial charge is 0.248 e. The molecule has 0 unspecified atom stereocenters. The fourth-order valence-electron chi connectivity index (χ4n) is 4.77. The highest BCUT2D eigenvalue weighted by atomic mass is 16.3. The topological polar surface area (TPSA) is 72.8 Å². The van der Waals surface area contributed by atoms with Crippen molar-refractivity contribution in [3.63, 3.8) is 0 Å². The van der Waals surface area contributed by atoms with Crippen molar-refractivity contribution in [1.82, 2.24) is 14.9 Å². The molecule has 0 atom stereocenters. The molecule has 1 aromatic heterocycles. The first-order valence-corrected chi connectivity index (χ1v) is 9.76. The minimum absolute atomic E-state index is 0.0593. The molecule has 26 heavy (non-hydrogen) atoms. The van der Waals surface area contributed by atoms with Crippen LogP contribution in [0.3, 0.4) is 0 Å². The van der Waals surface area contributed by atoms with Crippen LogP contribution in [0.15, 0.2) is 0 Å². The summed E-state index contributed by atoms with van der Waals surface area (Å²) in [5, 5.41) is 9.13. The SMILES string of the molecule is CN(C)c1nc(N2CCCC2)c2c(n1)C1(CC2)CCN(C(=O)CO)CC1. The molecule has 1 aliphatic carbocycles. The molecule has 0 aromatic carbocycles. The molecule has 1 aromatic rings. The number of likely N-dealkylation sites (tertiary alicyclic amines) is 1. The lowest BCUT2D eigenvalue weighted by Gasteiger charge is -2.39. The van der Waals surface area contributed by atoms with E-state index in [1.807, 2.05) is 19.0 Å². The number of aliphatic hydroxyl groups excluding tert-OH is 1. The van der Waals surface area contributed by atoms with Crippen molar-refractivity contribution in [2.24, 2.45) is 0 Å². The lowest BCUT2D eigenvalue weighted by molar-refractivity contribution is -0.135. The Morgan fingerprint density at radius 2 is 1.81 bits per heavy atom. The van der Waals surface area contributed by atoms with E-state index in [0.29, 0.717) is 13.1 Å². The largest absolute Gasteiger partial charge is 0.387 e. The Morgan fingerprint density at radius 1 is 1.12 bits per heavy atom. The number of nitrogens with zero attached hydrogens (tertiary/aromatic N) is 5. The average Bonchev–Trinajstić information content (AvgIpc) is 3.30. The second-order valence-electron chi connectivity index (χ2n) is 8.08. The predicted octanol–water partition coefficient (Wildman–Crippen LogP) is 0.941. The molecule has 7 heteroatoms. The zero-order valence-corrected chi connectivity index (χ0v) is 15.9. The first-order chi connectivity index (χ1) is 12.5. The minimum Gasteiger partial charge on any atom is -0.387 e. The van der Waals surface area contributed by atoms with Crippen LogP contribution in [-0.2, 0) is 16.6 Å². The lowest BCUT2D eigenvalue weighted by atomic mass is 9.76. The number of piperidine rings is 1. The summed E-state index contributed by atoms with van der Waals surface area (Å²) >= 11 is 0. The molecule has 2 aliphatic heterocycles. The molecule has 0 bridgehead atoms. The van der Waals surface area contributed by atoms with E-state index in [1.165, 1.54) is 24.1 Å². The van der Waals surface area contributed by atoms with E-state index in [-0.39, 0.29) is 11.3 Å². The average molecular weight is 359 g/mol. The molecular weight excluding hydrogens is 330 g/mol. The van der Waals surface area contributed by atoms with E-state index < -0.39 is 6.61 Å². The lowest BCUT2D eigenvalue weighted by Crippen LogP contribution is -2.45. The molecule has 3 heterocycles. The molecular formula is C19H29N5O2. The van der Waals surface area contributed by atoms with E-state index in [0.717, 1.165) is 50.5 Å². The molecule has 1 spiro atoms. The summed E-state index contributed by atoms with van der Waals surface area (Å²) in [6.07, 6.45) is 6.45. The molecule has 142 valence electrons. The number of aromatic nitrogens is 2. The van der Waals surface area contributed by atoms with Gasteiger partial charge in [0, 0.05) is 51.3 Å². The Hall–Kier alpha value is -1.89. The molecule has 1 N–H and O–H groups in total. The van der Waals surface area contributed by atoms with Crippen molar-refractivity contribution >= 4 is 17.7 Å². The van der Waals surface area contributed by atoms with Crippen LogP contribution in [0, 0.1) is 0 Å². The number of fused-ring (bicyclic) bond motifs is 2. The molecule has 3 aliphatic rings. The van der Waals surface area contributed by atoms with Gasteiger partial charge in [-0.3, -0.25) is 4.79 Å². The van der Waals surface area contributed by atoms with Gasteiger partial charge in [0.05, 0.1) is 5.69 Å². The van der Waals surface area contributed by atoms with Gasteiger partial charge in [-0.2, -0.15) is 4.98 Å². The molecule has 7 nitrogen and oxygen atoms in total.